The van der Waals surface area contributed by atoms with Crippen molar-refractivity contribution in [2.24, 2.45) is 5.73 Å². The standard InChI is InChI=1S/C6H12O4.C2H5NO.C2H2/c7-3-5-1-4(8)2-6(9)10-5;1-2(3)4;1-2/h4-9H,1-3H2;1H3,(H2,3,4);1-2H/t4-,5-,6?;;/m0../s1. The van der Waals surface area contributed by atoms with E-state index in [0.29, 0.717) is 6.42 Å². The summed E-state index contributed by atoms with van der Waals surface area (Å²) >= 11 is 0. The normalized spacial score (nSPS) is 27.8. The number of hydrogen-bond acceptors (Lipinski definition) is 5. The number of carbonyl (C=O) groups excluding carboxylic acids is 1. The van der Waals surface area contributed by atoms with Gasteiger partial charge in [0.2, 0.25) is 5.91 Å². The van der Waals surface area contributed by atoms with Crippen molar-refractivity contribution < 1.29 is 24.9 Å². The molecule has 6 heteroatoms. The molecule has 1 fully saturated rings. The second kappa shape index (κ2) is 10.4. The summed E-state index contributed by atoms with van der Waals surface area (Å²) in [5, 5.41) is 26.5. The molecule has 1 unspecified atom stereocenters. The molecule has 0 saturated carbocycles. The zero-order chi connectivity index (χ0) is 13.1. The molecule has 1 aliphatic rings. The number of amides is 1. The van der Waals surface area contributed by atoms with E-state index in [-0.39, 0.29) is 18.9 Å². The van der Waals surface area contributed by atoms with Gasteiger partial charge in [0.25, 0.3) is 0 Å². The van der Waals surface area contributed by atoms with Gasteiger partial charge in [0, 0.05) is 19.8 Å². The van der Waals surface area contributed by atoms with Gasteiger partial charge < -0.3 is 25.8 Å². The second-order valence-electron chi connectivity index (χ2n) is 3.13. The average Bonchev–Trinajstić information content (AvgIpc) is 2.18. The highest BCUT2D eigenvalue weighted by molar-refractivity contribution is 5.70. The Balaban J connectivity index is 0. The number of primary amides is 1. The average molecular weight is 233 g/mol. The summed E-state index contributed by atoms with van der Waals surface area (Å²) in [6.07, 6.45) is 6.80. The van der Waals surface area contributed by atoms with Crippen LogP contribution < -0.4 is 5.73 Å². The van der Waals surface area contributed by atoms with Crippen molar-refractivity contribution >= 4 is 5.91 Å². The monoisotopic (exact) mass is 233 g/mol. The lowest BCUT2D eigenvalue weighted by Gasteiger charge is -2.28. The summed E-state index contributed by atoms with van der Waals surface area (Å²) in [5.74, 6) is -0.333. The summed E-state index contributed by atoms with van der Waals surface area (Å²) in [5.41, 5.74) is 4.47. The lowest BCUT2D eigenvalue weighted by molar-refractivity contribution is -0.197. The minimum Gasteiger partial charge on any atom is -0.394 e. The van der Waals surface area contributed by atoms with E-state index in [1.165, 1.54) is 6.92 Å². The number of terminal acetylenes is 1. The predicted octanol–water partition coefficient (Wildman–Crippen LogP) is -1.42. The highest BCUT2D eigenvalue weighted by atomic mass is 16.6. The van der Waals surface area contributed by atoms with E-state index in [9.17, 15) is 4.79 Å². The summed E-state index contributed by atoms with van der Waals surface area (Å²) in [7, 11) is 0. The van der Waals surface area contributed by atoms with E-state index in [1.807, 2.05) is 0 Å². The largest absolute Gasteiger partial charge is 0.394 e. The molecule has 0 bridgehead atoms. The minimum atomic E-state index is -0.916. The van der Waals surface area contributed by atoms with Gasteiger partial charge in [-0.1, -0.05) is 0 Å². The molecule has 0 aromatic carbocycles. The lowest BCUT2D eigenvalue weighted by atomic mass is 10.1. The van der Waals surface area contributed by atoms with E-state index < -0.39 is 18.5 Å². The van der Waals surface area contributed by atoms with Gasteiger partial charge >= 0.3 is 0 Å². The highest BCUT2D eigenvalue weighted by Gasteiger charge is 2.25. The first kappa shape index (κ1) is 17.3. The molecule has 1 amide bonds. The molecular weight excluding hydrogens is 214 g/mol. The number of ether oxygens (including phenoxy) is 1. The van der Waals surface area contributed by atoms with Gasteiger partial charge in [-0.3, -0.25) is 4.79 Å². The Morgan fingerprint density at radius 1 is 1.44 bits per heavy atom. The maximum Gasteiger partial charge on any atom is 0.214 e. The molecule has 0 spiro atoms. The first-order valence-corrected chi connectivity index (χ1v) is 4.67. The van der Waals surface area contributed by atoms with E-state index in [1.54, 1.807) is 0 Å². The van der Waals surface area contributed by atoms with Gasteiger partial charge in [0.1, 0.15) is 0 Å². The molecule has 6 nitrogen and oxygen atoms in total. The second-order valence-corrected chi connectivity index (χ2v) is 3.13. The van der Waals surface area contributed by atoms with Crippen LogP contribution in [0.15, 0.2) is 0 Å². The zero-order valence-electron chi connectivity index (χ0n) is 9.24. The van der Waals surface area contributed by atoms with Crippen LogP contribution in [0.25, 0.3) is 0 Å². The zero-order valence-corrected chi connectivity index (χ0v) is 9.24. The van der Waals surface area contributed by atoms with Gasteiger partial charge in [-0.15, -0.1) is 12.8 Å². The fourth-order valence-corrected chi connectivity index (χ4v) is 1.08. The minimum absolute atomic E-state index is 0.145. The molecule has 1 heterocycles. The Kier molecular flexibility index (Phi) is 11.2. The van der Waals surface area contributed by atoms with Crippen LogP contribution in [0.2, 0.25) is 0 Å². The Labute approximate surface area is 95.0 Å². The fraction of sp³-hybridized carbons (Fsp3) is 0.700. The van der Waals surface area contributed by atoms with Crippen LogP contribution in [0.4, 0.5) is 0 Å². The van der Waals surface area contributed by atoms with Gasteiger partial charge in [-0.05, 0) is 0 Å². The summed E-state index contributed by atoms with van der Waals surface area (Å²) in [4.78, 5) is 9.22. The molecule has 1 rings (SSSR count). The first-order chi connectivity index (χ1) is 7.45. The topological polar surface area (TPSA) is 113 Å². The molecule has 1 aliphatic heterocycles. The Morgan fingerprint density at radius 3 is 2.19 bits per heavy atom. The van der Waals surface area contributed by atoms with Crippen LogP contribution in [0.5, 0.6) is 0 Å². The summed E-state index contributed by atoms with van der Waals surface area (Å²) in [6, 6.07) is 0. The van der Waals surface area contributed by atoms with Crippen molar-refractivity contribution in [2.45, 2.75) is 38.3 Å². The number of aliphatic hydroxyl groups is 3. The third-order valence-electron chi connectivity index (χ3n) is 1.56. The summed E-state index contributed by atoms with van der Waals surface area (Å²) in [6.45, 7) is 1.16. The van der Waals surface area contributed by atoms with Gasteiger partial charge in [-0.2, -0.15) is 0 Å². The Hall–Kier alpha value is -1.13. The molecule has 94 valence electrons. The van der Waals surface area contributed by atoms with Gasteiger partial charge in [-0.25, -0.2) is 0 Å². The predicted molar refractivity (Wildman–Crippen MR) is 58.0 cm³/mol. The van der Waals surface area contributed by atoms with Crippen molar-refractivity contribution in [3.05, 3.63) is 0 Å². The van der Waals surface area contributed by atoms with Crippen LogP contribution in [0, 0.1) is 12.8 Å². The lowest BCUT2D eigenvalue weighted by Crippen LogP contribution is -2.37. The number of hydrogen-bond donors (Lipinski definition) is 4. The number of nitrogens with two attached hydrogens (primary N) is 1. The maximum absolute atomic E-state index is 9.22. The van der Waals surface area contributed by atoms with Crippen molar-refractivity contribution in [1.29, 1.82) is 0 Å². The van der Waals surface area contributed by atoms with E-state index in [0.717, 1.165) is 0 Å². The molecule has 3 atom stereocenters. The van der Waals surface area contributed by atoms with Crippen molar-refractivity contribution in [1.82, 2.24) is 0 Å². The molecular formula is C10H19NO5. The molecule has 1 saturated heterocycles. The van der Waals surface area contributed by atoms with Crippen LogP contribution in [0.3, 0.4) is 0 Å². The van der Waals surface area contributed by atoms with E-state index in [4.69, 9.17) is 20.1 Å². The van der Waals surface area contributed by atoms with Gasteiger partial charge in [0.05, 0.1) is 18.8 Å². The van der Waals surface area contributed by atoms with Crippen LogP contribution in [0.1, 0.15) is 19.8 Å². The SMILES string of the molecule is C#C.CC(N)=O.OC[C@@H]1C[C@H](O)CC(O)O1. The van der Waals surface area contributed by atoms with Crippen molar-refractivity contribution in [2.75, 3.05) is 6.61 Å². The number of aliphatic hydroxyl groups excluding tert-OH is 3. The molecule has 0 aliphatic carbocycles. The maximum atomic E-state index is 9.22. The smallest absolute Gasteiger partial charge is 0.214 e. The van der Waals surface area contributed by atoms with Crippen LogP contribution in [-0.2, 0) is 9.53 Å². The Morgan fingerprint density at radius 2 is 1.88 bits per heavy atom. The molecule has 0 radical (unpaired) electrons. The fourth-order valence-electron chi connectivity index (χ4n) is 1.08. The quantitative estimate of drug-likeness (QED) is 0.415. The van der Waals surface area contributed by atoms with Gasteiger partial charge in [0.15, 0.2) is 6.29 Å². The van der Waals surface area contributed by atoms with Crippen LogP contribution in [-0.4, -0.2) is 46.3 Å². The molecule has 5 N–H and O–H groups in total. The van der Waals surface area contributed by atoms with E-state index in [2.05, 4.69) is 18.6 Å². The number of carbonyl (C=O) groups is 1. The molecule has 0 aromatic rings. The first-order valence-electron chi connectivity index (χ1n) is 4.67. The van der Waals surface area contributed by atoms with E-state index >= 15 is 0 Å². The third kappa shape index (κ3) is 10.9. The summed E-state index contributed by atoms with van der Waals surface area (Å²) < 4.78 is 4.85. The Bertz CT molecular complexity index is 193. The van der Waals surface area contributed by atoms with Crippen molar-refractivity contribution in [3.63, 3.8) is 0 Å². The molecule has 0 aromatic heterocycles. The molecule has 16 heavy (non-hydrogen) atoms. The van der Waals surface area contributed by atoms with Crippen LogP contribution >= 0.6 is 0 Å². The third-order valence-corrected chi connectivity index (χ3v) is 1.56. The highest BCUT2D eigenvalue weighted by Crippen LogP contribution is 2.17. The van der Waals surface area contributed by atoms with Crippen molar-refractivity contribution in [3.8, 4) is 12.8 Å². The number of rotatable bonds is 1.